The average molecular weight is 425 g/mol. The summed E-state index contributed by atoms with van der Waals surface area (Å²) in [4.78, 5) is 5.85. The highest BCUT2D eigenvalue weighted by Crippen LogP contribution is 2.28. The van der Waals surface area contributed by atoms with Gasteiger partial charge in [0.05, 0.1) is 13.2 Å². The summed E-state index contributed by atoms with van der Waals surface area (Å²) in [6, 6.07) is 17.8. The Hall–Kier alpha value is -3.06. The molecule has 2 aromatic carbocycles. The summed E-state index contributed by atoms with van der Waals surface area (Å²) >= 11 is 1.50. The highest BCUT2D eigenvalue weighted by atomic mass is 32.1. The van der Waals surface area contributed by atoms with Crippen molar-refractivity contribution in [1.29, 1.82) is 5.41 Å². The SMILES string of the molecule is CCOc1ccc(CCN=C(Nc2ccccc2)n2sc(C)cc2=N)cc1OCC. The van der Waals surface area contributed by atoms with Crippen molar-refractivity contribution in [2.24, 2.45) is 4.99 Å². The minimum Gasteiger partial charge on any atom is -0.490 e. The molecule has 0 aliphatic rings. The van der Waals surface area contributed by atoms with Gasteiger partial charge in [-0.3, -0.25) is 10.4 Å². The van der Waals surface area contributed by atoms with Crippen LogP contribution in [0.3, 0.4) is 0 Å². The van der Waals surface area contributed by atoms with Crippen molar-refractivity contribution in [3.05, 3.63) is 70.5 Å². The Morgan fingerprint density at radius 2 is 1.77 bits per heavy atom. The zero-order valence-corrected chi connectivity index (χ0v) is 18.5. The zero-order valence-electron chi connectivity index (χ0n) is 17.6. The molecule has 0 aliphatic carbocycles. The molecule has 0 amide bonds. The molecule has 1 aromatic heterocycles. The number of ether oxygens (including phenoxy) is 2. The smallest absolute Gasteiger partial charge is 0.218 e. The average Bonchev–Trinajstić information content (AvgIpc) is 3.08. The fourth-order valence-electron chi connectivity index (χ4n) is 2.98. The van der Waals surface area contributed by atoms with E-state index in [2.05, 4.69) is 5.32 Å². The molecule has 7 heteroatoms. The van der Waals surface area contributed by atoms with E-state index in [1.165, 1.54) is 11.5 Å². The van der Waals surface area contributed by atoms with E-state index in [-0.39, 0.29) is 0 Å². The van der Waals surface area contributed by atoms with E-state index >= 15 is 0 Å². The van der Waals surface area contributed by atoms with E-state index in [4.69, 9.17) is 19.9 Å². The first-order valence-corrected chi connectivity index (χ1v) is 10.9. The Kier molecular flexibility index (Phi) is 7.68. The number of rotatable bonds is 8. The summed E-state index contributed by atoms with van der Waals surface area (Å²) < 4.78 is 13.2. The summed E-state index contributed by atoms with van der Waals surface area (Å²) in [5.74, 6) is 2.18. The Bertz CT molecular complexity index is 1040. The largest absolute Gasteiger partial charge is 0.490 e. The van der Waals surface area contributed by atoms with Crippen LogP contribution in [0, 0.1) is 12.3 Å². The minimum absolute atomic E-state index is 0.416. The Morgan fingerprint density at radius 1 is 1.03 bits per heavy atom. The molecule has 6 nitrogen and oxygen atoms in total. The lowest BCUT2D eigenvalue weighted by Crippen LogP contribution is -2.28. The minimum atomic E-state index is 0.416. The van der Waals surface area contributed by atoms with Gasteiger partial charge in [-0.15, -0.1) is 0 Å². The molecule has 0 radical (unpaired) electrons. The van der Waals surface area contributed by atoms with Crippen LogP contribution in [0.5, 0.6) is 11.5 Å². The van der Waals surface area contributed by atoms with Crippen molar-refractivity contribution in [3.8, 4) is 11.5 Å². The molecule has 158 valence electrons. The summed E-state index contributed by atoms with van der Waals surface area (Å²) in [6.45, 7) is 7.70. The number of nitrogens with one attached hydrogen (secondary N) is 2. The van der Waals surface area contributed by atoms with Crippen LogP contribution in [-0.4, -0.2) is 29.7 Å². The number of nitrogens with zero attached hydrogens (tertiary/aromatic N) is 2. The topological polar surface area (TPSA) is 71.6 Å². The summed E-state index contributed by atoms with van der Waals surface area (Å²) in [5, 5.41) is 11.6. The molecule has 0 saturated carbocycles. The first-order chi connectivity index (χ1) is 14.6. The third kappa shape index (κ3) is 5.73. The van der Waals surface area contributed by atoms with Gasteiger partial charge in [0, 0.05) is 17.1 Å². The number of aliphatic imine (C=N–C) groups is 1. The maximum atomic E-state index is 8.25. The summed E-state index contributed by atoms with van der Waals surface area (Å²) in [7, 11) is 0. The number of para-hydroxylation sites is 1. The van der Waals surface area contributed by atoms with Crippen LogP contribution in [0.25, 0.3) is 0 Å². The number of hydrogen-bond acceptors (Lipinski definition) is 5. The Morgan fingerprint density at radius 3 is 2.43 bits per heavy atom. The molecule has 0 spiro atoms. The van der Waals surface area contributed by atoms with E-state index in [0.717, 1.165) is 34.0 Å². The predicted molar refractivity (Wildman–Crippen MR) is 123 cm³/mol. The van der Waals surface area contributed by atoms with Crippen molar-refractivity contribution in [2.75, 3.05) is 25.1 Å². The van der Waals surface area contributed by atoms with Gasteiger partial charge in [0.15, 0.2) is 11.5 Å². The van der Waals surface area contributed by atoms with E-state index in [9.17, 15) is 0 Å². The van der Waals surface area contributed by atoms with Gasteiger partial charge >= 0.3 is 0 Å². The molecule has 0 unspecified atom stereocenters. The number of aromatic nitrogens is 1. The maximum absolute atomic E-state index is 8.25. The second-order valence-corrected chi connectivity index (χ2v) is 7.81. The molecule has 0 bridgehead atoms. The van der Waals surface area contributed by atoms with Gasteiger partial charge in [0.1, 0.15) is 5.49 Å². The highest BCUT2D eigenvalue weighted by Gasteiger charge is 2.09. The molecular weight excluding hydrogens is 396 g/mol. The molecular formula is C23H28N4O2S. The lowest BCUT2D eigenvalue weighted by Gasteiger charge is -2.13. The fraction of sp³-hybridized carbons (Fsp3) is 0.304. The number of aryl methyl sites for hydroxylation is 1. The second kappa shape index (κ2) is 10.6. The highest BCUT2D eigenvalue weighted by molar-refractivity contribution is 7.07. The summed E-state index contributed by atoms with van der Waals surface area (Å²) in [6.07, 6.45) is 0.755. The van der Waals surface area contributed by atoms with Crippen LogP contribution in [0.2, 0.25) is 0 Å². The number of anilines is 1. The van der Waals surface area contributed by atoms with Crippen LogP contribution in [0.4, 0.5) is 5.69 Å². The van der Waals surface area contributed by atoms with Crippen molar-refractivity contribution in [2.45, 2.75) is 27.2 Å². The van der Waals surface area contributed by atoms with Crippen LogP contribution in [0.1, 0.15) is 24.3 Å². The van der Waals surface area contributed by atoms with Gasteiger partial charge in [0.2, 0.25) is 5.96 Å². The van der Waals surface area contributed by atoms with Gasteiger partial charge in [-0.1, -0.05) is 35.8 Å². The van der Waals surface area contributed by atoms with E-state index in [1.807, 2.05) is 79.3 Å². The molecule has 0 fully saturated rings. The van der Waals surface area contributed by atoms with Crippen LogP contribution >= 0.6 is 11.5 Å². The third-order valence-corrected chi connectivity index (χ3v) is 5.24. The van der Waals surface area contributed by atoms with Gasteiger partial charge in [-0.25, -0.2) is 3.96 Å². The van der Waals surface area contributed by atoms with Gasteiger partial charge in [-0.2, -0.15) is 0 Å². The molecule has 0 atom stereocenters. The van der Waals surface area contributed by atoms with E-state index < -0.39 is 0 Å². The molecule has 0 saturated heterocycles. The van der Waals surface area contributed by atoms with Crippen molar-refractivity contribution >= 4 is 23.2 Å². The molecule has 3 aromatic rings. The second-order valence-electron chi connectivity index (χ2n) is 6.62. The fourth-order valence-corrected chi connectivity index (χ4v) is 3.77. The standard InChI is InChI=1S/C23H28N4O2S/c1-4-28-20-12-11-18(16-21(20)29-5-2)13-14-25-23(26-19-9-7-6-8-10-19)27-22(24)15-17(3)30-27/h6-12,15-16,24H,4-5,13-14H2,1-3H3,(H,25,26). The Labute approximate surface area is 181 Å². The van der Waals surface area contributed by atoms with Crippen LogP contribution in [-0.2, 0) is 6.42 Å². The van der Waals surface area contributed by atoms with Crippen molar-refractivity contribution < 1.29 is 9.47 Å². The van der Waals surface area contributed by atoms with Gasteiger partial charge in [0.25, 0.3) is 0 Å². The van der Waals surface area contributed by atoms with Crippen molar-refractivity contribution in [3.63, 3.8) is 0 Å². The molecule has 0 aliphatic heterocycles. The lowest BCUT2D eigenvalue weighted by atomic mass is 10.1. The quantitative estimate of drug-likeness (QED) is 0.407. The van der Waals surface area contributed by atoms with E-state index in [1.54, 1.807) is 0 Å². The molecule has 2 N–H and O–H groups in total. The van der Waals surface area contributed by atoms with Crippen LogP contribution in [0.15, 0.2) is 59.6 Å². The first-order valence-electron chi connectivity index (χ1n) is 10.1. The third-order valence-electron chi connectivity index (χ3n) is 4.29. The molecule has 1 heterocycles. The van der Waals surface area contributed by atoms with Crippen molar-refractivity contribution in [1.82, 2.24) is 3.96 Å². The van der Waals surface area contributed by atoms with Gasteiger partial charge in [-0.05, 0) is 63.1 Å². The normalized spacial score (nSPS) is 11.4. The first kappa shape index (κ1) is 21.6. The lowest BCUT2D eigenvalue weighted by molar-refractivity contribution is 0.287. The predicted octanol–water partition coefficient (Wildman–Crippen LogP) is 4.69. The van der Waals surface area contributed by atoms with Crippen LogP contribution < -0.4 is 20.3 Å². The molecule has 30 heavy (non-hydrogen) atoms. The monoisotopic (exact) mass is 424 g/mol. The summed E-state index contributed by atoms with van der Waals surface area (Å²) in [5.41, 5.74) is 2.48. The number of hydrogen-bond donors (Lipinski definition) is 2. The Balaban J connectivity index is 1.79. The van der Waals surface area contributed by atoms with E-state index in [0.29, 0.717) is 31.2 Å². The maximum Gasteiger partial charge on any atom is 0.218 e. The molecule has 3 rings (SSSR count). The number of benzene rings is 2. The van der Waals surface area contributed by atoms with Gasteiger partial charge < -0.3 is 14.8 Å². The zero-order chi connectivity index (χ0) is 21.3.